The number of likely N-dealkylation sites (tertiary alicyclic amines) is 1. The Labute approximate surface area is 142 Å². The number of nitrogens with one attached hydrogen (secondary N) is 1. The molecule has 2 aromatic carbocycles. The molecule has 3 rings (SSSR count). The summed E-state index contributed by atoms with van der Waals surface area (Å²) in [5.41, 5.74) is 1.90. The zero-order valence-electron chi connectivity index (χ0n) is 14.0. The Hall–Kier alpha value is -2.69. The normalized spacial score (nSPS) is 16.8. The lowest BCUT2D eigenvalue weighted by molar-refractivity contribution is 0.222. The summed E-state index contributed by atoms with van der Waals surface area (Å²) < 4.78 is 10.6. The van der Waals surface area contributed by atoms with Crippen LogP contribution >= 0.6 is 0 Å². The first kappa shape index (κ1) is 16.2. The lowest BCUT2D eigenvalue weighted by Crippen LogP contribution is -2.32. The highest BCUT2D eigenvalue weighted by Gasteiger charge is 2.27. The van der Waals surface area contributed by atoms with Crippen molar-refractivity contribution in [1.29, 1.82) is 0 Å². The maximum absolute atomic E-state index is 12.6. The van der Waals surface area contributed by atoms with Crippen molar-refractivity contribution in [2.75, 3.05) is 32.6 Å². The molecule has 0 saturated carbocycles. The largest absolute Gasteiger partial charge is 0.493 e. The van der Waals surface area contributed by atoms with Gasteiger partial charge in [-0.1, -0.05) is 36.4 Å². The Morgan fingerprint density at radius 2 is 1.88 bits per heavy atom. The third kappa shape index (κ3) is 3.30. The van der Waals surface area contributed by atoms with Crippen molar-refractivity contribution in [2.45, 2.75) is 12.3 Å². The van der Waals surface area contributed by atoms with E-state index < -0.39 is 0 Å². The topological polar surface area (TPSA) is 50.8 Å². The standard InChI is InChI=1S/C19H22N2O3/c1-23-17-10-6-9-16(18(17)24-2)20-19(22)21-12-11-15(13-21)14-7-4-3-5-8-14/h3-10,15H,11-13H2,1-2H3,(H,20,22). The van der Waals surface area contributed by atoms with Crippen LogP contribution in [0.4, 0.5) is 10.5 Å². The van der Waals surface area contributed by atoms with Crippen LogP contribution in [0.3, 0.4) is 0 Å². The van der Waals surface area contributed by atoms with Gasteiger partial charge in [0.2, 0.25) is 0 Å². The molecule has 0 radical (unpaired) electrons. The summed E-state index contributed by atoms with van der Waals surface area (Å²) in [6.45, 7) is 1.47. The van der Waals surface area contributed by atoms with Gasteiger partial charge in [0.05, 0.1) is 19.9 Å². The minimum absolute atomic E-state index is 0.111. The second kappa shape index (κ2) is 7.25. The minimum Gasteiger partial charge on any atom is -0.493 e. The first-order valence-corrected chi connectivity index (χ1v) is 8.04. The first-order valence-electron chi connectivity index (χ1n) is 8.04. The third-order valence-corrected chi connectivity index (χ3v) is 4.39. The molecule has 1 aliphatic rings. The highest BCUT2D eigenvalue weighted by Crippen LogP contribution is 2.35. The Bertz CT molecular complexity index is 703. The van der Waals surface area contributed by atoms with Gasteiger partial charge in [0, 0.05) is 19.0 Å². The fourth-order valence-corrected chi connectivity index (χ4v) is 3.12. The number of rotatable bonds is 4. The van der Waals surface area contributed by atoms with Gasteiger partial charge < -0.3 is 19.7 Å². The van der Waals surface area contributed by atoms with E-state index in [1.54, 1.807) is 20.3 Å². The summed E-state index contributed by atoms with van der Waals surface area (Å²) in [5.74, 6) is 1.52. The van der Waals surface area contributed by atoms with Crippen molar-refractivity contribution in [3.63, 3.8) is 0 Å². The maximum atomic E-state index is 12.6. The van der Waals surface area contributed by atoms with Crippen LogP contribution in [-0.2, 0) is 0 Å². The molecule has 1 aliphatic heterocycles. The zero-order valence-corrected chi connectivity index (χ0v) is 14.0. The van der Waals surface area contributed by atoms with Crippen LogP contribution < -0.4 is 14.8 Å². The molecular formula is C19H22N2O3. The molecule has 24 heavy (non-hydrogen) atoms. The van der Waals surface area contributed by atoms with Crippen molar-refractivity contribution in [2.24, 2.45) is 0 Å². The Kier molecular flexibility index (Phi) is 4.89. The predicted octanol–water partition coefficient (Wildman–Crippen LogP) is 3.73. The number of ether oxygens (including phenoxy) is 2. The molecule has 1 N–H and O–H groups in total. The zero-order chi connectivity index (χ0) is 16.9. The highest BCUT2D eigenvalue weighted by molar-refractivity contribution is 5.91. The summed E-state index contributed by atoms with van der Waals surface area (Å²) in [7, 11) is 3.14. The molecule has 0 bridgehead atoms. The number of benzene rings is 2. The highest BCUT2D eigenvalue weighted by atomic mass is 16.5. The summed E-state index contributed by atoms with van der Waals surface area (Å²) in [6, 6.07) is 15.7. The summed E-state index contributed by atoms with van der Waals surface area (Å²) in [4.78, 5) is 14.4. The monoisotopic (exact) mass is 326 g/mol. The molecule has 0 spiro atoms. The van der Waals surface area contributed by atoms with Gasteiger partial charge in [-0.25, -0.2) is 4.79 Å². The second-order valence-electron chi connectivity index (χ2n) is 5.81. The minimum atomic E-state index is -0.111. The fraction of sp³-hybridized carbons (Fsp3) is 0.316. The van der Waals surface area contributed by atoms with E-state index in [9.17, 15) is 4.79 Å². The van der Waals surface area contributed by atoms with Gasteiger partial charge in [-0.3, -0.25) is 0 Å². The molecule has 1 atom stereocenters. The number of nitrogens with zero attached hydrogens (tertiary/aromatic N) is 1. The number of anilines is 1. The number of urea groups is 1. The summed E-state index contributed by atoms with van der Waals surface area (Å²) in [5, 5.41) is 2.93. The number of hydrogen-bond acceptors (Lipinski definition) is 3. The number of carbonyl (C=O) groups excluding carboxylic acids is 1. The third-order valence-electron chi connectivity index (χ3n) is 4.39. The van der Waals surface area contributed by atoms with Crippen LogP contribution in [0.1, 0.15) is 17.9 Å². The first-order chi connectivity index (χ1) is 11.7. The second-order valence-corrected chi connectivity index (χ2v) is 5.81. The van der Waals surface area contributed by atoms with Crippen LogP contribution in [0.2, 0.25) is 0 Å². The molecule has 1 heterocycles. The molecule has 5 nitrogen and oxygen atoms in total. The molecule has 1 fully saturated rings. The lowest BCUT2D eigenvalue weighted by atomic mass is 9.99. The van der Waals surface area contributed by atoms with Crippen molar-refractivity contribution < 1.29 is 14.3 Å². The van der Waals surface area contributed by atoms with Crippen molar-refractivity contribution in [1.82, 2.24) is 4.90 Å². The number of carbonyl (C=O) groups is 1. The molecule has 0 aliphatic carbocycles. The van der Waals surface area contributed by atoms with Gasteiger partial charge in [0.15, 0.2) is 11.5 Å². The van der Waals surface area contributed by atoms with Crippen LogP contribution in [0.5, 0.6) is 11.5 Å². The Balaban J connectivity index is 1.68. The molecule has 1 unspecified atom stereocenters. The van der Waals surface area contributed by atoms with Crippen LogP contribution in [0, 0.1) is 0 Å². The van der Waals surface area contributed by atoms with E-state index >= 15 is 0 Å². The van der Waals surface area contributed by atoms with Crippen molar-refractivity contribution >= 4 is 11.7 Å². The molecule has 2 aromatic rings. The SMILES string of the molecule is COc1cccc(NC(=O)N2CCC(c3ccccc3)C2)c1OC. The number of para-hydroxylation sites is 1. The van der Waals surface area contributed by atoms with Gasteiger partial charge in [0.25, 0.3) is 0 Å². The molecular weight excluding hydrogens is 304 g/mol. The van der Waals surface area contributed by atoms with E-state index in [1.165, 1.54) is 5.56 Å². The van der Waals surface area contributed by atoms with E-state index in [0.717, 1.165) is 19.5 Å². The molecule has 126 valence electrons. The number of methoxy groups -OCH3 is 2. The average molecular weight is 326 g/mol. The Morgan fingerprint density at radius 3 is 2.58 bits per heavy atom. The molecule has 2 amide bonds. The van der Waals surface area contributed by atoms with E-state index in [4.69, 9.17) is 9.47 Å². The number of amides is 2. The fourth-order valence-electron chi connectivity index (χ4n) is 3.12. The van der Waals surface area contributed by atoms with Gasteiger partial charge >= 0.3 is 6.03 Å². The van der Waals surface area contributed by atoms with Gasteiger partial charge in [-0.05, 0) is 24.1 Å². The smallest absolute Gasteiger partial charge is 0.321 e. The summed E-state index contributed by atoms with van der Waals surface area (Å²) >= 11 is 0. The van der Waals surface area contributed by atoms with Crippen molar-refractivity contribution in [3.05, 3.63) is 54.1 Å². The van der Waals surface area contributed by atoms with E-state index in [2.05, 4.69) is 17.4 Å². The van der Waals surface area contributed by atoms with Gasteiger partial charge in [-0.2, -0.15) is 0 Å². The van der Waals surface area contributed by atoms with Crippen LogP contribution in [0.25, 0.3) is 0 Å². The van der Waals surface area contributed by atoms with E-state index in [1.807, 2.05) is 35.2 Å². The summed E-state index contributed by atoms with van der Waals surface area (Å²) in [6.07, 6.45) is 0.979. The Morgan fingerprint density at radius 1 is 1.08 bits per heavy atom. The van der Waals surface area contributed by atoms with Gasteiger partial charge in [-0.15, -0.1) is 0 Å². The van der Waals surface area contributed by atoms with Crippen LogP contribution in [0.15, 0.2) is 48.5 Å². The number of hydrogen-bond donors (Lipinski definition) is 1. The quantitative estimate of drug-likeness (QED) is 0.931. The van der Waals surface area contributed by atoms with E-state index in [-0.39, 0.29) is 6.03 Å². The lowest BCUT2D eigenvalue weighted by Gasteiger charge is -2.19. The molecule has 0 aromatic heterocycles. The van der Waals surface area contributed by atoms with Crippen LogP contribution in [-0.4, -0.2) is 38.2 Å². The van der Waals surface area contributed by atoms with Gasteiger partial charge in [0.1, 0.15) is 0 Å². The predicted molar refractivity (Wildman–Crippen MR) is 93.9 cm³/mol. The molecule has 1 saturated heterocycles. The maximum Gasteiger partial charge on any atom is 0.321 e. The van der Waals surface area contributed by atoms with E-state index in [0.29, 0.717) is 23.1 Å². The average Bonchev–Trinajstić information content (AvgIpc) is 3.12. The van der Waals surface area contributed by atoms with Crippen molar-refractivity contribution in [3.8, 4) is 11.5 Å². The molecule has 5 heteroatoms.